The average molecular weight is 329 g/mol. The second-order valence-electron chi connectivity index (χ2n) is 8.71. The molecule has 0 radical (unpaired) electrons. The number of carbonyl (C=O) groups is 1. The monoisotopic (exact) mass is 329 g/mol. The number of nitrogens with one attached hydrogen (secondary N) is 1. The minimum Gasteiger partial charge on any atom is -0.508 e. The molecule has 1 aromatic rings. The van der Waals surface area contributed by atoms with E-state index in [1.54, 1.807) is 12.1 Å². The van der Waals surface area contributed by atoms with Gasteiger partial charge in [0.1, 0.15) is 5.75 Å². The van der Waals surface area contributed by atoms with Crippen molar-refractivity contribution in [3.8, 4) is 5.75 Å². The molecule has 4 heteroatoms. The summed E-state index contributed by atoms with van der Waals surface area (Å²) in [7, 11) is 0. The zero-order valence-corrected chi connectivity index (χ0v) is 14.3. The Labute approximate surface area is 143 Å². The molecule has 4 saturated carbocycles. The smallest absolute Gasteiger partial charge is 0.221 e. The van der Waals surface area contributed by atoms with Crippen molar-refractivity contribution in [2.75, 3.05) is 0 Å². The summed E-state index contributed by atoms with van der Waals surface area (Å²) in [6.45, 7) is 1.90. The second kappa shape index (κ2) is 5.48. The number of phenols is 1. The third-order valence-corrected chi connectivity index (χ3v) is 6.47. The lowest BCUT2D eigenvalue weighted by Gasteiger charge is -2.60. The van der Waals surface area contributed by atoms with Crippen LogP contribution in [0.3, 0.4) is 0 Å². The number of amides is 1. The van der Waals surface area contributed by atoms with Gasteiger partial charge in [-0.2, -0.15) is 0 Å². The van der Waals surface area contributed by atoms with Gasteiger partial charge in [0.15, 0.2) is 0 Å². The minimum absolute atomic E-state index is 0.0125. The van der Waals surface area contributed by atoms with Crippen molar-refractivity contribution >= 4 is 5.91 Å². The maximum Gasteiger partial charge on any atom is 0.221 e. The number of aliphatic hydroxyl groups is 1. The number of hydrogen-bond acceptors (Lipinski definition) is 3. The van der Waals surface area contributed by atoms with Crippen molar-refractivity contribution in [2.24, 2.45) is 17.3 Å². The highest BCUT2D eigenvalue weighted by atomic mass is 16.3. The number of hydrogen-bond donors (Lipinski definition) is 3. The molecule has 1 aromatic carbocycles. The van der Waals surface area contributed by atoms with E-state index in [2.05, 4.69) is 5.32 Å². The van der Waals surface area contributed by atoms with Crippen LogP contribution in [-0.4, -0.2) is 21.7 Å². The molecule has 4 fully saturated rings. The van der Waals surface area contributed by atoms with Gasteiger partial charge in [-0.15, -0.1) is 0 Å². The molecule has 24 heavy (non-hydrogen) atoms. The molecule has 4 bridgehead atoms. The zero-order valence-electron chi connectivity index (χ0n) is 14.3. The molecule has 3 N–H and O–H groups in total. The molecule has 0 aromatic heterocycles. The number of carbonyl (C=O) groups excluding carboxylic acids is 1. The second-order valence-corrected chi connectivity index (χ2v) is 8.71. The van der Waals surface area contributed by atoms with Crippen molar-refractivity contribution in [1.82, 2.24) is 5.32 Å². The van der Waals surface area contributed by atoms with Crippen LogP contribution in [0.4, 0.5) is 0 Å². The Bertz CT molecular complexity index is 642. The van der Waals surface area contributed by atoms with E-state index < -0.39 is 5.60 Å². The molecule has 3 atom stereocenters. The Balaban J connectivity index is 1.44. The van der Waals surface area contributed by atoms with Crippen molar-refractivity contribution in [3.05, 3.63) is 29.8 Å². The van der Waals surface area contributed by atoms with Gasteiger partial charge in [0.2, 0.25) is 5.91 Å². The lowest BCUT2D eigenvalue weighted by atomic mass is 9.47. The Hall–Kier alpha value is -1.55. The molecule has 130 valence electrons. The number of rotatable bonds is 4. The fourth-order valence-corrected chi connectivity index (χ4v) is 6.17. The lowest BCUT2D eigenvalue weighted by molar-refractivity contribution is -0.169. The summed E-state index contributed by atoms with van der Waals surface area (Å²) in [6.07, 6.45) is 6.56. The van der Waals surface area contributed by atoms with Gasteiger partial charge in [-0.3, -0.25) is 4.79 Å². The first-order valence-electron chi connectivity index (χ1n) is 9.16. The van der Waals surface area contributed by atoms with Gasteiger partial charge >= 0.3 is 0 Å². The van der Waals surface area contributed by atoms with Gasteiger partial charge in [-0.05, 0) is 68.8 Å². The predicted octanol–water partition coefficient (Wildman–Crippen LogP) is 3.29. The van der Waals surface area contributed by atoms with Gasteiger partial charge in [0.25, 0.3) is 0 Å². The standard InChI is InChI=1S/C20H27NO3/c1-13(16-4-2-3-5-17(16)22)21-18(23)11-19-7-14-6-15(8-19)10-20(24,9-14)12-19/h2-5,13-15,22,24H,6-12H2,1H3,(H,21,23). The summed E-state index contributed by atoms with van der Waals surface area (Å²) in [5, 5.41) is 23.8. The van der Waals surface area contributed by atoms with Crippen molar-refractivity contribution in [1.29, 1.82) is 0 Å². The molecule has 0 saturated heterocycles. The molecule has 4 aliphatic carbocycles. The van der Waals surface area contributed by atoms with E-state index in [4.69, 9.17) is 0 Å². The highest BCUT2D eigenvalue weighted by molar-refractivity contribution is 5.77. The Morgan fingerprint density at radius 2 is 1.92 bits per heavy atom. The largest absolute Gasteiger partial charge is 0.508 e. The maximum absolute atomic E-state index is 12.7. The number of phenolic OH excluding ortho intramolecular Hbond substituents is 1. The number of aromatic hydroxyl groups is 1. The van der Waals surface area contributed by atoms with Crippen LogP contribution in [0.5, 0.6) is 5.75 Å². The zero-order chi connectivity index (χ0) is 16.9. The first-order chi connectivity index (χ1) is 11.4. The Morgan fingerprint density at radius 3 is 2.54 bits per heavy atom. The molecule has 1 amide bonds. The van der Waals surface area contributed by atoms with Crippen molar-refractivity contribution in [3.63, 3.8) is 0 Å². The summed E-state index contributed by atoms with van der Waals surface area (Å²) in [6, 6.07) is 6.92. The Kier molecular flexibility index (Phi) is 3.64. The summed E-state index contributed by atoms with van der Waals surface area (Å²) in [5.74, 6) is 1.45. The van der Waals surface area contributed by atoms with Crippen LogP contribution in [0.2, 0.25) is 0 Å². The van der Waals surface area contributed by atoms with Crippen LogP contribution in [0.15, 0.2) is 24.3 Å². The van der Waals surface area contributed by atoms with E-state index in [0.717, 1.165) is 37.7 Å². The molecule has 5 rings (SSSR count). The normalized spacial score (nSPS) is 38.1. The first-order valence-corrected chi connectivity index (χ1v) is 9.16. The highest BCUT2D eigenvalue weighted by Crippen LogP contribution is 2.62. The highest BCUT2D eigenvalue weighted by Gasteiger charge is 2.57. The predicted molar refractivity (Wildman–Crippen MR) is 91.3 cm³/mol. The summed E-state index contributed by atoms with van der Waals surface area (Å²) < 4.78 is 0. The molecule has 0 aliphatic heterocycles. The van der Waals surface area contributed by atoms with E-state index >= 15 is 0 Å². The molecular formula is C20H27NO3. The fourth-order valence-electron chi connectivity index (χ4n) is 6.17. The van der Waals surface area contributed by atoms with Crippen LogP contribution < -0.4 is 5.32 Å². The van der Waals surface area contributed by atoms with Crippen LogP contribution in [0, 0.1) is 17.3 Å². The number of para-hydroxylation sites is 1. The summed E-state index contributed by atoms with van der Waals surface area (Å²) in [5.41, 5.74) is 0.213. The number of benzene rings is 1. The molecule has 4 aliphatic rings. The molecular weight excluding hydrogens is 302 g/mol. The first kappa shape index (κ1) is 15.9. The Morgan fingerprint density at radius 1 is 1.25 bits per heavy atom. The van der Waals surface area contributed by atoms with Crippen LogP contribution >= 0.6 is 0 Å². The molecule has 3 unspecified atom stereocenters. The molecule has 4 nitrogen and oxygen atoms in total. The molecule has 0 heterocycles. The van der Waals surface area contributed by atoms with Gasteiger partial charge in [-0.1, -0.05) is 18.2 Å². The van der Waals surface area contributed by atoms with Crippen molar-refractivity contribution < 1.29 is 15.0 Å². The van der Waals surface area contributed by atoms with Gasteiger partial charge < -0.3 is 15.5 Å². The van der Waals surface area contributed by atoms with Gasteiger partial charge in [0.05, 0.1) is 11.6 Å². The third kappa shape index (κ3) is 2.81. The quantitative estimate of drug-likeness (QED) is 0.794. The minimum atomic E-state index is -0.520. The maximum atomic E-state index is 12.7. The lowest BCUT2D eigenvalue weighted by Crippen LogP contribution is -2.56. The van der Waals surface area contributed by atoms with E-state index in [0.29, 0.717) is 18.3 Å². The summed E-state index contributed by atoms with van der Waals surface area (Å²) >= 11 is 0. The van der Waals surface area contributed by atoms with E-state index in [-0.39, 0.29) is 23.1 Å². The summed E-state index contributed by atoms with van der Waals surface area (Å²) in [4.78, 5) is 12.7. The van der Waals surface area contributed by atoms with Crippen molar-refractivity contribution in [2.45, 2.75) is 63.5 Å². The van der Waals surface area contributed by atoms with Gasteiger partial charge in [0, 0.05) is 12.0 Å². The van der Waals surface area contributed by atoms with E-state index in [1.807, 2.05) is 19.1 Å². The SMILES string of the molecule is CC(NC(=O)CC12CC3CC(CC(O)(C3)C1)C2)c1ccccc1O. The fraction of sp³-hybridized carbons (Fsp3) is 0.650. The van der Waals surface area contributed by atoms with Crippen LogP contribution in [-0.2, 0) is 4.79 Å². The topological polar surface area (TPSA) is 69.6 Å². The molecule has 0 spiro atoms. The average Bonchev–Trinajstić information content (AvgIpc) is 2.43. The van der Waals surface area contributed by atoms with E-state index in [1.165, 1.54) is 6.42 Å². The van der Waals surface area contributed by atoms with Gasteiger partial charge in [-0.25, -0.2) is 0 Å². The van der Waals surface area contributed by atoms with Crippen LogP contribution in [0.1, 0.15) is 63.5 Å². The van der Waals surface area contributed by atoms with E-state index in [9.17, 15) is 15.0 Å². The third-order valence-electron chi connectivity index (χ3n) is 6.47. The van der Waals surface area contributed by atoms with Crippen LogP contribution in [0.25, 0.3) is 0 Å².